The van der Waals surface area contributed by atoms with E-state index in [-0.39, 0.29) is 10.9 Å². The Morgan fingerprint density at radius 3 is 2.65 bits per heavy atom. The SMILES string of the molecule is C[NH2+]/C=C\C=C(/C)C(=O)N([C@@H]1CCc2c(F)cc(Cl)cc21)[C@@H](C(N)=O)c1ccccc1. The van der Waals surface area contributed by atoms with Crippen LogP contribution in [0.2, 0.25) is 5.02 Å². The molecule has 0 aliphatic heterocycles. The summed E-state index contributed by atoms with van der Waals surface area (Å²) in [6.07, 6.45) is 6.17. The van der Waals surface area contributed by atoms with E-state index >= 15 is 0 Å². The van der Waals surface area contributed by atoms with Gasteiger partial charge in [0.05, 0.1) is 19.3 Å². The molecule has 0 aromatic heterocycles. The molecule has 0 saturated heterocycles. The van der Waals surface area contributed by atoms with Crippen LogP contribution in [0.25, 0.3) is 0 Å². The number of primary amides is 1. The zero-order valence-electron chi connectivity index (χ0n) is 17.5. The average Bonchev–Trinajstić information content (AvgIpc) is 3.15. The molecule has 0 bridgehead atoms. The van der Waals surface area contributed by atoms with Crippen LogP contribution in [0, 0.1) is 5.82 Å². The number of carbonyl (C=O) groups excluding carboxylic acids is 2. The van der Waals surface area contributed by atoms with Crippen molar-refractivity contribution in [3.8, 4) is 0 Å². The highest BCUT2D eigenvalue weighted by atomic mass is 35.5. The van der Waals surface area contributed by atoms with Gasteiger partial charge in [0.25, 0.3) is 5.91 Å². The number of hydrogen-bond donors (Lipinski definition) is 2. The van der Waals surface area contributed by atoms with Crippen molar-refractivity contribution >= 4 is 23.4 Å². The lowest BCUT2D eigenvalue weighted by atomic mass is 9.98. The maximum Gasteiger partial charge on any atom is 0.250 e. The summed E-state index contributed by atoms with van der Waals surface area (Å²) in [6, 6.07) is 10.3. The first-order chi connectivity index (χ1) is 14.8. The zero-order chi connectivity index (χ0) is 22.5. The molecule has 2 amide bonds. The molecule has 162 valence electrons. The first-order valence-electron chi connectivity index (χ1n) is 10.1. The summed E-state index contributed by atoms with van der Waals surface area (Å²) in [5.41, 5.74) is 7.98. The molecule has 0 spiro atoms. The monoisotopic (exact) mass is 442 g/mol. The number of nitrogens with zero attached hydrogens (tertiary/aromatic N) is 1. The zero-order valence-corrected chi connectivity index (χ0v) is 18.3. The molecule has 4 N–H and O–H groups in total. The second-order valence-electron chi connectivity index (χ2n) is 7.51. The standard InChI is InChI=1S/C24H25ClFN3O2/c1-15(7-6-12-28-2)24(31)29(22(23(27)30)16-8-4-3-5-9-16)21-11-10-18-19(21)13-17(25)14-20(18)26/h3-9,12-14,21-22,28H,10-11H2,1-2H3,(H2,27,30)/p+1/b12-6-,15-7+/t21-,22-/m1/s1. The fraction of sp³-hybridized carbons (Fsp3) is 0.250. The number of carbonyl (C=O) groups is 2. The number of benzene rings is 2. The summed E-state index contributed by atoms with van der Waals surface area (Å²) in [5, 5.41) is 2.10. The third-order valence-electron chi connectivity index (χ3n) is 5.44. The molecular formula is C24H26ClFN3O2+. The van der Waals surface area contributed by atoms with Gasteiger partial charge >= 0.3 is 0 Å². The number of amides is 2. The molecule has 3 rings (SSSR count). The van der Waals surface area contributed by atoms with E-state index in [0.29, 0.717) is 35.1 Å². The van der Waals surface area contributed by atoms with Crippen molar-refractivity contribution in [2.24, 2.45) is 5.73 Å². The van der Waals surface area contributed by atoms with Crippen molar-refractivity contribution in [1.82, 2.24) is 4.90 Å². The van der Waals surface area contributed by atoms with E-state index in [2.05, 4.69) is 0 Å². The summed E-state index contributed by atoms with van der Waals surface area (Å²) in [5.74, 6) is -1.39. The number of allylic oxidation sites excluding steroid dienone is 2. The normalized spacial score (nSPS) is 16.9. The number of quaternary nitrogens is 1. The summed E-state index contributed by atoms with van der Waals surface area (Å²) in [7, 11) is 1.88. The molecule has 2 atom stereocenters. The molecule has 31 heavy (non-hydrogen) atoms. The van der Waals surface area contributed by atoms with Crippen LogP contribution in [0.1, 0.15) is 42.1 Å². The smallest absolute Gasteiger partial charge is 0.250 e. The molecule has 2 aromatic rings. The summed E-state index contributed by atoms with van der Waals surface area (Å²) in [4.78, 5) is 27.7. The van der Waals surface area contributed by atoms with Gasteiger partial charge in [-0.15, -0.1) is 0 Å². The molecule has 0 fully saturated rings. The van der Waals surface area contributed by atoms with Crippen LogP contribution in [0.15, 0.2) is 66.4 Å². The summed E-state index contributed by atoms with van der Waals surface area (Å²) in [6.45, 7) is 1.69. The van der Waals surface area contributed by atoms with Crippen LogP contribution in [0.3, 0.4) is 0 Å². The van der Waals surface area contributed by atoms with E-state index in [0.717, 1.165) is 0 Å². The number of halogens is 2. The van der Waals surface area contributed by atoms with E-state index in [1.54, 1.807) is 49.4 Å². The Morgan fingerprint density at radius 2 is 2.00 bits per heavy atom. The van der Waals surface area contributed by atoms with E-state index in [1.165, 1.54) is 11.0 Å². The molecule has 1 aliphatic carbocycles. The Hall–Kier alpha value is -2.96. The maximum atomic E-state index is 14.5. The molecule has 5 nitrogen and oxygen atoms in total. The predicted octanol–water partition coefficient (Wildman–Crippen LogP) is 3.17. The lowest BCUT2D eigenvalue weighted by Crippen LogP contribution is -2.72. The highest BCUT2D eigenvalue weighted by Gasteiger charge is 2.40. The minimum atomic E-state index is -1.00. The molecule has 7 heteroatoms. The van der Waals surface area contributed by atoms with Crippen LogP contribution in [-0.2, 0) is 16.0 Å². The van der Waals surface area contributed by atoms with Crippen LogP contribution in [-0.4, -0.2) is 23.8 Å². The summed E-state index contributed by atoms with van der Waals surface area (Å²) < 4.78 is 14.5. The van der Waals surface area contributed by atoms with Crippen molar-refractivity contribution in [2.45, 2.75) is 31.8 Å². The average molecular weight is 443 g/mol. The largest absolute Gasteiger partial charge is 0.368 e. The lowest BCUT2D eigenvalue weighted by Gasteiger charge is -2.36. The van der Waals surface area contributed by atoms with Gasteiger partial charge < -0.3 is 16.0 Å². The Balaban J connectivity index is 2.14. The fourth-order valence-corrected chi connectivity index (χ4v) is 4.25. The Bertz CT molecular complexity index is 1040. The number of hydrogen-bond acceptors (Lipinski definition) is 2. The van der Waals surface area contributed by atoms with Crippen molar-refractivity contribution in [1.29, 1.82) is 0 Å². The van der Waals surface area contributed by atoms with E-state index in [1.807, 2.05) is 24.6 Å². The van der Waals surface area contributed by atoms with Crippen molar-refractivity contribution in [3.63, 3.8) is 0 Å². The first kappa shape index (κ1) is 22.7. The minimum absolute atomic E-state index is 0.250. The van der Waals surface area contributed by atoms with E-state index in [9.17, 15) is 14.0 Å². The predicted molar refractivity (Wildman–Crippen MR) is 118 cm³/mol. The third kappa shape index (κ3) is 4.86. The topological polar surface area (TPSA) is 80.0 Å². The van der Waals surface area contributed by atoms with Gasteiger partial charge in [0, 0.05) is 10.6 Å². The molecule has 0 heterocycles. The maximum absolute atomic E-state index is 14.5. The van der Waals surface area contributed by atoms with Crippen LogP contribution < -0.4 is 11.1 Å². The van der Waals surface area contributed by atoms with Gasteiger partial charge in [-0.3, -0.25) is 9.59 Å². The van der Waals surface area contributed by atoms with Crippen LogP contribution in [0.4, 0.5) is 4.39 Å². The van der Waals surface area contributed by atoms with Gasteiger partial charge in [-0.2, -0.15) is 0 Å². The third-order valence-corrected chi connectivity index (χ3v) is 5.66. The first-order valence-corrected chi connectivity index (χ1v) is 10.5. The Labute approximate surface area is 186 Å². The fourth-order valence-electron chi connectivity index (χ4n) is 4.03. The van der Waals surface area contributed by atoms with Crippen LogP contribution in [0.5, 0.6) is 0 Å². The number of nitrogens with two attached hydrogens (primary N) is 2. The van der Waals surface area contributed by atoms with Gasteiger partial charge in [-0.25, -0.2) is 4.39 Å². The van der Waals surface area contributed by atoms with Crippen LogP contribution >= 0.6 is 11.6 Å². The highest BCUT2D eigenvalue weighted by molar-refractivity contribution is 6.30. The van der Waals surface area contributed by atoms with Gasteiger partial charge in [-0.05, 0) is 60.7 Å². The lowest BCUT2D eigenvalue weighted by molar-refractivity contribution is -0.556. The van der Waals surface area contributed by atoms with Crippen molar-refractivity contribution < 1.29 is 19.3 Å². The van der Waals surface area contributed by atoms with Gasteiger partial charge in [0.2, 0.25) is 5.91 Å². The van der Waals surface area contributed by atoms with Gasteiger partial charge in [0.1, 0.15) is 11.9 Å². The van der Waals surface area contributed by atoms with Gasteiger partial charge in [0.15, 0.2) is 0 Å². The molecule has 2 aromatic carbocycles. The molecular weight excluding hydrogens is 417 g/mol. The van der Waals surface area contributed by atoms with Crippen molar-refractivity contribution in [3.05, 3.63) is 93.9 Å². The molecule has 1 aliphatic rings. The minimum Gasteiger partial charge on any atom is -0.368 e. The quantitative estimate of drug-likeness (QED) is 0.510. The second kappa shape index (κ2) is 9.90. The molecule has 0 saturated carbocycles. The van der Waals surface area contributed by atoms with Gasteiger partial charge in [-0.1, -0.05) is 41.9 Å². The number of rotatable bonds is 7. The van der Waals surface area contributed by atoms with E-state index < -0.39 is 23.8 Å². The molecule has 0 radical (unpaired) electrons. The Morgan fingerprint density at radius 1 is 1.29 bits per heavy atom. The summed E-state index contributed by atoms with van der Waals surface area (Å²) >= 11 is 6.13. The highest BCUT2D eigenvalue weighted by Crippen LogP contribution is 2.43. The number of fused-ring (bicyclic) bond motifs is 1. The van der Waals surface area contributed by atoms with Crippen molar-refractivity contribution in [2.75, 3.05) is 7.05 Å². The second-order valence-corrected chi connectivity index (χ2v) is 7.94. The Kier molecular flexibility index (Phi) is 7.25. The molecule has 0 unspecified atom stereocenters. The van der Waals surface area contributed by atoms with E-state index in [4.69, 9.17) is 17.3 Å².